The minimum Gasteiger partial charge on any atom is -0.371 e. The van der Waals surface area contributed by atoms with E-state index in [1.807, 2.05) is 24.2 Å². The van der Waals surface area contributed by atoms with E-state index in [-0.39, 0.29) is 0 Å². The van der Waals surface area contributed by atoms with Gasteiger partial charge in [0.25, 0.3) is 0 Å². The van der Waals surface area contributed by atoms with Gasteiger partial charge in [-0.15, -0.1) is 0 Å². The Bertz CT molecular complexity index is 355. The average molecular weight is 267 g/mol. The van der Waals surface area contributed by atoms with Crippen LogP contribution in [-0.4, -0.2) is 36.1 Å². The molecule has 1 N–H and O–H groups in total. The summed E-state index contributed by atoms with van der Waals surface area (Å²) in [5.74, 6) is 1.13. The summed E-state index contributed by atoms with van der Waals surface area (Å²) < 4.78 is 0. The highest BCUT2D eigenvalue weighted by molar-refractivity contribution is 7.98. The number of nitrogens with zero attached hydrogens (tertiary/aromatic N) is 2. The van der Waals surface area contributed by atoms with Crippen LogP contribution < -0.4 is 10.2 Å². The van der Waals surface area contributed by atoms with Crippen LogP contribution in [0.1, 0.15) is 26.3 Å². The normalized spacial score (nSPS) is 12.8. The van der Waals surface area contributed by atoms with Crippen molar-refractivity contribution in [2.45, 2.75) is 39.4 Å². The van der Waals surface area contributed by atoms with Gasteiger partial charge < -0.3 is 10.2 Å². The van der Waals surface area contributed by atoms with E-state index in [4.69, 9.17) is 0 Å². The molecule has 1 heterocycles. The van der Waals surface area contributed by atoms with Crippen molar-refractivity contribution in [2.75, 3.05) is 24.0 Å². The number of rotatable bonds is 7. The van der Waals surface area contributed by atoms with Crippen LogP contribution in [0.2, 0.25) is 0 Å². The summed E-state index contributed by atoms with van der Waals surface area (Å²) in [4.78, 5) is 6.58. The number of hydrogen-bond donors (Lipinski definition) is 1. The highest BCUT2D eigenvalue weighted by Gasteiger charge is 2.13. The monoisotopic (exact) mass is 267 g/mol. The zero-order valence-corrected chi connectivity index (χ0v) is 12.9. The molecule has 0 saturated carbocycles. The molecule has 1 rings (SSSR count). The minimum atomic E-state index is 0.493. The first-order valence-corrected chi connectivity index (χ1v) is 7.83. The van der Waals surface area contributed by atoms with E-state index in [1.54, 1.807) is 0 Å². The summed E-state index contributed by atoms with van der Waals surface area (Å²) in [6.45, 7) is 7.46. The van der Waals surface area contributed by atoms with Gasteiger partial charge in [0.2, 0.25) is 0 Å². The Labute approximate surface area is 115 Å². The van der Waals surface area contributed by atoms with Gasteiger partial charge in [-0.05, 0) is 19.2 Å². The second kappa shape index (κ2) is 7.64. The van der Waals surface area contributed by atoms with E-state index in [0.717, 1.165) is 12.3 Å². The summed E-state index contributed by atoms with van der Waals surface area (Å²) in [5.41, 5.74) is 2.54. The average Bonchev–Trinajstić information content (AvgIpc) is 2.36. The van der Waals surface area contributed by atoms with Gasteiger partial charge in [-0.2, -0.15) is 11.8 Å². The molecular weight excluding hydrogens is 242 g/mol. The Morgan fingerprint density at radius 3 is 2.72 bits per heavy atom. The lowest BCUT2D eigenvalue weighted by Gasteiger charge is -2.28. The summed E-state index contributed by atoms with van der Waals surface area (Å²) in [6.07, 6.45) is 5.99. The van der Waals surface area contributed by atoms with Crippen molar-refractivity contribution in [3.63, 3.8) is 0 Å². The summed E-state index contributed by atoms with van der Waals surface area (Å²) in [6, 6.07) is 3.13. The molecule has 1 atom stereocenters. The Morgan fingerprint density at radius 1 is 1.39 bits per heavy atom. The molecular formula is C14H25N3S. The lowest BCUT2D eigenvalue weighted by molar-refractivity contribution is 0.586. The second-order valence-electron chi connectivity index (χ2n) is 4.96. The molecule has 0 spiro atoms. The lowest BCUT2D eigenvalue weighted by atomic mass is 10.2. The van der Waals surface area contributed by atoms with Gasteiger partial charge in [0, 0.05) is 55.1 Å². The van der Waals surface area contributed by atoms with E-state index in [2.05, 4.69) is 55.3 Å². The predicted octanol–water partition coefficient (Wildman–Crippen LogP) is 2.77. The zero-order valence-electron chi connectivity index (χ0n) is 12.1. The fourth-order valence-electron chi connectivity index (χ4n) is 1.80. The Hall–Kier alpha value is -0.740. The number of pyridine rings is 1. The first-order valence-electron chi connectivity index (χ1n) is 6.44. The molecule has 0 radical (unpaired) electrons. The van der Waals surface area contributed by atoms with Crippen LogP contribution in [0.4, 0.5) is 5.69 Å². The van der Waals surface area contributed by atoms with Crippen molar-refractivity contribution in [2.24, 2.45) is 0 Å². The maximum Gasteiger partial charge on any atom is 0.0442 e. The largest absolute Gasteiger partial charge is 0.371 e. The van der Waals surface area contributed by atoms with Crippen molar-refractivity contribution < 1.29 is 0 Å². The van der Waals surface area contributed by atoms with Crippen LogP contribution in [0.25, 0.3) is 0 Å². The van der Waals surface area contributed by atoms with Crippen LogP contribution in [-0.2, 0) is 6.54 Å². The molecule has 0 amide bonds. The van der Waals surface area contributed by atoms with Gasteiger partial charge in [0.15, 0.2) is 0 Å². The molecule has 0 aromatic carbocycles. The molecule has 4 heteroatoms. The molecule has 0 bridgehead atoms. The fraction of sp³-hybridized carbons (Fsp3) is 0.643. The van der Waals surface area contributed by atoms with Crippen LogP contribution in [0.3, 0.4) is 0 Å². The predicted molar refractivity (Wildman–Crippen MR) is 82.5 cm³/mol. The van der Waals surface area contributed by atoms with Crippen LogP contribution in [0.15, 0.2) is 18.5 Å². The molecule has 0 aliphatic rings. The molecule has 18 heavy (non-hydrogen) atoms. The summed E-state index contributed by atoms with van der Waals surface area (Å²) in [5, 5.41) is 3.46. The van der Waals surface area contributed by atoms with Crippen LogP contribution >= 0.6 is 11.8 Å². The van der Waals surface area contributed by atoms with E-state index < -0.39 is 0 Å². The maximum absolute atomic E-state index is 4.24. The molecule has 1 aromatic heterocycles. The molecule has 1 aromatic rings. The van der Waals surface area contributed by atoms with Gasteiger partial charge >= 0.3 is 0 Å². The van der Waals surface area contributed by atoms with Gasteiger partial charge in [0.1, 0.15) is 0 Å². The third-order valence-electron chi connectivity index (χ3n) is 3.03. The molecule has 0 saturated heterocycles. The third kappa shape index (κ3) is 4.50. The van der Waals surface area contributed by atoms with Crippen LogP contribution in [0, 0.1) is 0 Å². The smallest absolute Gasteiger partial charge is 0.0442 e. The number of anilines is 1. The lowest BCUT2D eigenvalue weighted by Crippen LogP contribution is -2.32. The van der Waals surface area contributed by atoms with Gasteiger partial charge in [-0.1, -0.05) is 13.8 Å². The molecule has 0 fully saturated rings. The molecule has 1 unspecified atom stereocenters. The maximum atomic E-state index is 4.24. The summed E-state index contributed by atoms with van der Waals surface area (Å²) >= 11 is 1.88. The first-order chi connectivity index (χ1) is 8.56. The number of aromatic nitrogens is 1. The number of nitrogens with one attached hydrogen (secondary N) is 1. The molecule has 0 aliphatic heterocycles. The van der Waals surface area contributed by atoms with Crippen molar-refractivity contribution in [3.05, 3.63) is 24.0 Å². The standard InChI is InChI=1S/C14H25N3S/c1-11(2)16-9-13-8-15-7-6-14(13)17(4)12(3)10-18-5/h6-8,11-12,16H,9-10H2,1-5H3. The topological polar surface area (TPSA) is 28.2 Å². The SMILES string of the molecule is CSCC(C)N(C)c1ccncc1CNC(C)C. The Morgan fingerprint density at radius 2 is 2.11 bits per heavy atom. The molecule has 3 nitrogen and oxygen atoms in total. The Balaban J connectivity index is 2.80. The number of thioether (sulfide) groups is 1. The molecule has 0 aliphatic carbocycles. The molecule has 102 valence electrons. The van der Waals surface area contributed by atoms with Crippen molar-refractivity contribution >= 4 is 17.4 Å². The minimum absolute atomic E-state index is 0.493. The van der Waals surface area contributed by atoms with Crippen molar-refractivity contribution in [1.82, 2.24) is 10.3 Å². The number of hydrogen-bond acceptors (Lipinski definition) is 4. The van der Waals surface area contributed by atoms with Gasteiger partial charge in [-0.3, -0.25) is 4.98 Å². The fourth-order valence-corrected chi connectivity index (χ4v) is 2.51. The van der Waals surface area contributed by atoms with Gasteiger partial charge in [0.05, 0.1) is 0 Å². The van der Waals surface area contributed by atoms with E-state index in [1.165, 1.54) is 11.3 Å². The van der Waals surface area contributed by atoms with Gasteiger partial charge in [-0.25, -0.2) is 0 Å². The first kappa shape index (κ1) is 15.3. The third-order valence-corrected chi connectivity index (χ3v) is 3.84. The second-order valence-corrected chi connectivity index (χ2v) is 5.87. The van der Waals surface area contributed by atoms with E-state index in [0.29, 0.717) is 12.1 Å². The van der Waals surface area contributed by atoms with Crippen molar-refractivity contribution in [3.8, 4) is 0 Å². The highest BCUT2D eigenvalue weighted by Crippen LogP contribution is 2.21. The van der Waals surface area contributed by atoms with Crippen molar-refractivity contribution in [1.29, 1.82) is 0 Å². The quantitative estimate of drug-likeness (QED) is 0.822. The summed E-state index contributed by atoms with van der Waals surface area (Å²) in [7, 11) is 2.16. The highest BCUT2D eigenvalue weighted by atomic mass is 32.2. The van der Waals surface area contributed by atoms with Crippen LogP contribution in [0.5, 0.6) is 0 Å². The zero-order chi connectivity index (χ0) is 13.5. The van der Waals surface area contributed by atoms with E-state index in [9.17, 15) is 0 Å². The Kier molecular flexibility index (Phi) is 6.50. The van der Waals surface area contributed by atoms with E-state index >= 15 is 0 Å².